The summed E-state index contributed by atoms with van der Waals surface area (Å²) in [5.74, 6) is 1.14. The van der Waals surface area contributed by atoms with Gasteiger partial charge >= 0.3 is 6.01 Å². The van der Waals surface area contributed by atoms with Crippen molar-refractivity contribution in [3.05, 3.63) is 0 Å². The van der Waals surface area contributed by atoms with Crippen molar-refractivity contribution in [1.29, 1.82) is 0 Å². The smallest absolute Gasteiger partial charge is 0.323 e. The molecule has 0 saturated heterocycles. The summed E-state index contributed by atoms with van der Waals surface area (Å²) in [6, 6.07) is 0.369. The molecule has 0 radical (unpaired) electrons. The molecule has 1 aromatic heterocycles. The number of aromatic nitrogens is 3. The minimum Gasteiger partial charge on any atom is -0.463 e. The summed E-state index contributed by atoms with van der Waals surface area (Å²) >= 11 is 0. The van der Waals surface area contributed by atoms with Gasteiger partial charge in [0.2, 0.25) is 11.9 Å². The van der Waals surface area contributed by atoms with Gasteiger partial charge in [0.1, 0.15) is 0 Å². The quantitative estimate of drug-likeness (QED) is 0.696. The van der Waals surface area contributed by atoms with E-state index in [9.17, 15) is 0 Å². The molecule has 0 atom stereocenters. The van der Waals surface area contributed by atoms with E-state index in [1.807, 2.05) is 40.0 Å². The van der Waals surface area contributed by atoms with Crippen molar-refractivity contribution in [2.24, 2.45) is 0 Å². The number of nitrogens with one attached hydrogen (secondary N) is 1. The van der Waals surface area contributed by atoms with Crippen LogP contribution in [0.25, 0.3) is 0 Å². The predicted molar refractivity (Wildman–Crippen MR) is 77.0 cm³/mol. The Balaban J connectivity index is 2.65. The largest absolute Gasteiger partial charge is 0.463 e. The molecule has 0 aliphatic heterocycles. The highest BCUT2D eigenvalue weighted by atomic mass is 16.5. The lowest BCUT2D eigenvalue weighted by atomic mass is 10.4. The van der Waals surface area contributed by atoms with Crippen LogP contribution in [0.3, 0.4) is 0 Å². The van der Waals surface area contributed by atoms with Crippen molar-refractivity contribution in [2.45, 2.75) is 13.3 Å². The fourth-order valence-corrected chi connectivity index (χ4v) is 1.39. The predicted octanol–water partition coefficient (Wildman–Crippen LogP) is 0.700. The topological polar surface area (TPSA) is 66.4 Å². The SMILES string of the molecule is CCNc1nc(OCCCN(C)C)nc(N(C)C)n1. The lowest BCUT2D eigenvalue weighted by Gasteiger charge is -2.13. The molecule has 108 valence electrons. The summed E-state index contributed by atoms with van der Waals surface area (Å²) in [5, 5.41) is 3.07. The second-order valence-electron chi connectivity index (χ2n) is 4.67. The Hall–Kier alpha value is -1.63. The highest BCUT2D eigenvalue weighted by Crippen LogP contribution is 2.13. The van der Waals surface area contributed by atoms with Gasteiger partial charge < -0.3 is 19.9 Å². The van der Waals surface area contributed by atoms with E-state index in [0.717, 1.165) is 19.5 Å². The van der Waals surface area contributed by atoms with Gasteiger partial charge in [-0.15, -0.1) is 0 Å². The minimum atomic E-state index is 0.369. The molecule has 7 heteroatoms. The van der Waals surface area contributed by atoms with Crippen LogP contribution in [-0.4, -0.2) is 67.7 Å². The molecule has 7 nitrogen and oxygen atoms in total. The van der Waals surface area contributed by atoms with Crippen molar-refractivity contribution in [2.75, 3.05) is 58.1 Å². The van der Waals surface area contributed by atoms with Crippen LogP contribution in [0.15, 0.2) is 0 Å². The minimum absolute atomic E-state index is 0.369. The summed E-state index contributed by atoms with van der Waals surface area (Å²) in [4.78, 5) is 16.7. The summed E-state index contributed by atoms with van der Waals surface area (Å²) in [7, 11) is 7.86. The van der Waals surface area contributed by atoms with E-state index < -0.39 is 0 Å². The first-order valence-electron chi connectivity index (χ1n) is 6.47. The van der Waals surface area contributed by atoms with Gasteiger partial charge in [-0.3, -0.25) is 0 Å². The van der Waals surface area contributed by atoms with Crippen molar-refractivity contribution >= 4 is 11.9 Å². The molecule has 0 aliphatic rings. The third-order valence-electron chi connectivity index (χ3n) is 2.32. The molecule has 0 saturated carbocycles. The molecule has 0 spiro atoms. The second kappa shape index (κ2) is 7.73. The molecule has 0 aromatic carbocycles. The molecule has 1 rings (SSSR count). The highest BCUT2D eigenvalue weighted by Gasteiger charge is 2.08. The van der Waals surface area contributed by atoms with Gasteiger partial charge in [0.25, 0.3) is 0 Å². The zero-order chi connectivity index (χ0) is 14.3. The van der Waals surface area contributed by atoms with E-state index in [1.54, 1.807) is 0 Å². The summed E-state index contributed by atoms with van der Waals surface area (Å²) in [5.41, 5.74) is 0. The van der Waals surface area contributed by atoms with E-state index in [1.165, 1.54) is 0 Å². The molecule has 0 unspecified atom stereocenters. The Labute approximate surface area is 115 Å². The number of anilines is 2. The average molecular weight is 268 g/mol. The number of hydrogen-bond acceptors (Lipinski definition) is 7. The number of rotatable bonds is 8. The van der Waals surface area contributed by atoms with Crippen molar-refractivity contribution in [3.63, 3.8) is 0 Å². The zero-order valence-electron chi connectivity index (χ0n) is 12.5. The Morgan fingerprint density at radius 1 is 1.11 bits per heavy atom. The van der Waals surface area contributed by atoms with Gasteiger partial charge in [0.05, 0.1) is 6.61 Å². The van der Waals surface area contributed by atoms with E-state index >= 15 is 0 Å². The monoisotopic (exact) mass is 268 g/mol. The third-order valence-corrected chi connectivity index (χ3v) is 2.32. The van der Waals surface area contributed by atoms with Crippen LogP contribution in [-0.2, 0) is 0 Å². The molecular formula is C12H24N6O. The molecule has 0 bridgehead atoms. The van der Waals surface area contributed by atoms with Crippen molar-refractivity contribution in [3.8, 4) is 6.01 Å². The van der Waals surface area contributed by atoms with Crippen LogP contribution in [0.5, 0.6) is 6.01 Å². The van der Waals surface area contributed by atoms with E-state index in [-0.39, 0.29) is 0 Å². The van der Waals surface area contributed by atoms with Crippen LogP contribution >= 0.6 is 0 Å². The lowest BCUT2D eigenvalue weighted by molar-refractivity contribution is 0.263. The maximum atomic E-state index is 5.58. The van der Waals surface area contributed by atoms with Gasteiger partial charge in [-0.25, -0.2) is 0 Å². The van der Waals surface area contributed by atoms with Crippen molar-refractivity contribution in [1.82, 2.24) is 19.9 Å². The Bertz CT molecular complexity index is 382. The normalized spacial score (nSPS) is 10.6. The Kier molecular flexibility index (Phi) is 6.27. The van der Waals surface area contributed by atoms with Gasteiger partial charge in [0.15, 0.2) is 0 Å². The number of ether oxygens (including phenoxy) is 1. The average Bonchev–Trinajstić information content (AvgIpc) is 2.34. The highest BCUT2D eigenvalue weighted by molar-refractivity contribution is 5.36. The Morgan fingerprint density at radius 3 is 2.42 bits per heavy atom. The molecule has 1 aromatic rings. The van der Waals surface area contributed by atoms with E-state index in [2.05, 4.69) is 25.2 Å². The van der Waals surface area contributed by atoms with Crippen LogP contribution in [0, 0.1) is 0 Å². The first-order valence-corrected chi connectivity index (χ1v) is 6.47. The summed E-state index contributed by atoms with van der Waals surface area (Å²) < 4.78 is 5.58. The van der Waals surface area contributed by atoms with E-state index in [0.29, 0.717) is 24.5 Å². The molecule has 1 heterocycles. The molecule has 19 heavy (non-hydrogen) atoms. The van der Waals surface area contributed by atoms with Gasteiger partial charge in [-0.1, -0.05) is 0 Å². The molecule has 0 amide bonds. The maximum absolute atomic E-state index is 5.58. The van der Waals surface area contributed by atoms with Crippen LogP contribution in [0.1, 0.15) is 13.3 Å². The fourth-order valence-electron chi connectivity index (χ4n) is 1.39. The standard InChI is InChI=1S/C12H24N6O/c1-6-13-10-14-11(18(4)5)16-12(15-10)19-9-7-8-17(2)3/h6-9H2,1-5H3,(H,13,14,15,16). The van der Waals surface area contributed by atoms with Gasteiger partial charge in [-0.05, 0) is 27.4 Å². The first kappa shape index (κ1) is 15.4. The maximum Gasteiger partial charge on any atom is 0.323 e. The fraction of sp³-hybridized carbons (Fsp3) is 0.750. The summed E-state index contributed by atoms with van der Waals surface area (Å²) in [6.07, 6.45) is 0.937. The molecule has 1 N–H and O–H groups in total. The lowest BCUT2D eigenvalue weighted by Crippen LogP contribution is -2.18. The van der Waals surface area contributed by atoms with Gasteiger partial charge in [-0.2, -0.15) is 15.0 Å². The van der Waals surface area contributed by atoms with Crippen LogP contribution in [0.4, 0.5) is 11.9 Å². The molecule has 0 aliphatic carbocycles. The Morgan fingerprint density at radius 2 is 1.84 bits per heavy atom. The first-order chi connectivity index (χ1) is 9.02. The number of nitrogens with zero attached hydrogens (tertiary/aromatic N) is 5. The van der Waals surface area contributed by atoms with Crippen LogP contribution < -0.4 is 15.0 Å². The molecule has 0 fully saturated rings. The van der Waals surface area contributed by atoms with Gasteiger partial charge in [0, 0.05) is 27.2 Å². The zero-order valence-corrected chi connectivity index (χ0v) is 12.5. The van der Waals surface area contributed by atoms with Crippen molar-refractivity contribution < 1.29 is 4.74 Å². The molecular weight excluding hydrogens is 244 g/mol. The second-order valence-corrected chi connectivity index (χ2v) is 4.67. The van der Waals surface area contributed by atoms with Crippen LogP contribution in [0.2, 0.25) is 0 Å². The summed E-state index contributed by atoms with van der Waals surface area (Å²) in [6.45, 7) is 4.33. The van der Waals surface area contributed by atoms with E-state index in [4.69, 9.17) is 4.74 Å². The third kappa shape index (κ3) is 5.69. The number of hydrogen-bond donors (Lipinski definition) is 1.